The number of carbonyl (C=O) groups is 1. The largest absolute Gasteiger partial charge is 0.480 e. The number of hydrogen-bond donors (Lipinski definition) is 2. The lowest BCUT2D eigenvalue weighted by Gasteiger charge is -2.18. The predicted octanol–water partition coefficient (Wildman–Crippen LogP) is 2.87. The summed E-state index contributed by atoms with van der Waals surface area (Å²) in [4.78, 5) is 13.4. The third-order valence-corrected chi connectivity index (χ3v) is 5.02. The molecular weight excluding hydrogens is 383 g/mol. The third kappa shape index (κ3) is 4.72. The summed E-state index contributed by atoms with van der Waals surface area (Å²) in [5, 5.41) is 0.544. The first kappa shape index (κ1) is 20.2. The summed E-state index contributed by atoms with van der Waals surface area (Å²) < 4.78 is 43.3. The number of benzene rings is 2. The number of aryl methyl sites for hydroxylation is 2. The molecule has 9 heteroatoms. The normalized spacial score (nSPS) is 12.5. The number of halogens is 2. The molecule has 1 amide bonds. The van der Waals surface area contributed by atoms with Gasteiger partial charge in [0.25, 0.3) is 15.9 Å². The Kier molecular flexibility index (Phi) is 6.22. The SMILES string of the molecule is Cc1cc(Cl)cc(C)c1O[C@@H](C)C(=O)NNS(=O)(=O)c1ccccc1F. The number of sulfonamides is 1. The Balaban J connectivity index is 2.05. The van der Waals surface area contributed by atoms with Crippen LogP contribution in [0, 0.1) is 19.7 Å². The zero-order valence-electron chi connectivity index (χ0n) is 14.3. The highest BCUT2D eigenvalue weighted by Crippen LogP contribution is 2.27. The minimum absolute atomic E-state index is 0.481. The first-order chi connectivity index (χ1) is 12.1. The lowest BCUT2D eigenvalue weighted by atomic mass is 10.1. The first-order valence-electron chi connectivity index (χ1n) is 7.61. The van der Waals surface area contributed by atoms with E-state index in [9.17, 15) is 17.6 Å². The van der Waals surface area contributed by atoms with Crippen LogP contribution in [0.1, 0.15) is 18.1 Å². The van der Waals surface area contributed by atoms with Gasteiger partial charge in [-0.05, 0) is 56.2 Å². The van der Waals surface area contributed by atoms with Gasteiger partial charge < -0.3 is 4.74 Å². The number of amides is 1. The second-order valence-electron chi connectivity index (χ2n) is 5.65. The molecule has 2 N–H and O–H groups in total. The van der Waals surface area contributed by atoms with Crippen molar-refractivity contribution in [2.75, 3.05) is 0 Å². The molecular formula is C17H18ClFN2O4S. The van der Waals surface area contributed by atoms with Crippen molar-refractivity contribution in [1.82, 2.24) is 10.3 Å². The third-order valence-electron chi connectivity index (χ3n) is 3.52. The van der Waals surface area contributed by atoms with Crippen molar-refractivity contribution in [2.45, 2.75) is 31.8 Å². The maximum atomic E-state index is 13.6. The van der Waals surface area contributed by atoms with Gasteiger partial charge in [0.2, 0.25) is 0 Å². The van der Waals surface area contributed by atoms with Crippen LogP contribution in [-0.2, 0) is 14.8 Å². The van der Waals surface area contributed by atoms with Crippen LogP contribution < -0.4 is 15.0 Å². The highest BCUT2D eigenvalue weighted by Gasteiger charge is 2.22. The molecule has 2 rings (SSSR count). The molecule has 0 heterocycles. The number of nitrogens with one attached hydrogen (secondary N) is 2. The molecule has 0 fully saturated rings. The highest BCUT2D eigenvalue weighted by molar-refractivity contribution is 7.89. The van der Waals surface area contributed by atoms with Crippen LogP contribution in [0.4, 0.5) is 4.39 Å². The highest BCUT2D eigenvalue weighted by atomic mass is 35.5. The van der Waals surface area contributed by atoms with Crippen LogP contribution in [-0.4, -0.2) is 20.4 Å². The van der Waals surface area contributed by atoms with Crippen LogP contribution in [0.3, 0.4) is 0 Å². The van der Waals surface area contributed by atoms with Crippen molar-refractivity contribution in [3.8, 4) is 5.75 Å². The van der Waals surface area contributed by atoms with E-state index in [4.69, 9.17) is 16.3 Å². The van der Waals surface area contributed by atoms with E-state index in [1.165, 1.54) is 19.1 Å². The van der Waals surface area contributed by atoms with Gasteiger partial charge in [0.15, 0.2) is 6.10 Å². The van der Waals surface area contributed by atoms with E-state index >= 15 is 0 Å². The van der Waals surface area contributed by atoms with Gasteiger partial charge in [-0.1, -0.05) is 23.7 Å². The van der Waals surface area contributed by atoms with Crippen LogP contribution in [0.5, 0.6) is 5.75 Å². The number of hydrazine groups is 1. The molecule has 0 aromatic heterocycles. The number of rotatable bonds is 6. The molecule has 0 unspecified atom stereocenters. The fraction of sp³-hybridized carbons (Fsp3) is 0.235. The lowest BCUT2D eigenvalue weighted by Crippen LogP contribution is -2.47. The summed E-state index contributed by atoms with van der Waals surface area (Å²) in [6.07, 6.45) is -1.00. The predicted molar refractivity (Wildman–Crippen MR) is 95.9 cm³/mol. The van der Waals surface area contributed by atoms with E-state index in [-0.39, 0.29) is 0 Å². The van der Waals surface area contributed by atoms with E-state index in [1.807, 2.05) is 10.3 Å². The Morgan fingerprint density at radius 2 is 1.77 bits per heavy atom. The zero-order valence-corrected chi connectivity index (χ0v) is 15.9. The van der Waals surface area contributed by atoms with Gasteiger partial charge in [-0.25, -0.2) is 12.8 Å². The van der Waals surface area contributed by atoms with Crippen molar-refractivity contribution in [1.29, 1.82) is 0 Å². The van der Waals surface area contributed by atoms with Gasteiger partial charge in [-0.15, -0.1) is 4.83 Å². The minimum atomic E-state index is -4.24. The molecule has 0 saturated carbocycles. The Bertz CT molecular complexity index is 911. The summed E-state index contributed by atoms with van der Waals surface area (Å²) in [6.45, 7) is 5.01. The standard InChI is InChI=1S/C17H18ClFN2O4S/c1-10-8-13(18)9-11(2)16(10)25-12(3)17(22)20-21-26(23,24)15-7-5-4-6-14(15)19/h4-9,12,21H,1-3H3,(H,20,22)/t12-/m0/s1. The summed E-state index contributed by atoms with van der Waals surface area (Å²) >= 11 is 5.95. The van der Waals surface area contributed by atoms with Crippen LogP contribution in [0.2, 0.25) is 5.02 Å². The average molecular weight is 401 g/mol. The first-order valence-corrected chi connectivity index (χ1v) is 9.47. The fourth-order valence-electron chi connectivity index (χ4n) is 2.25. The van der Waals surface area contributed by atoms with Gasteiger partial charge in [-0.3, -0.25) is 10.2 Å². The molecule has 0 aliphatic heterocycles. The van der Waals surface area contributed by atoms with Gasteiger partial charge in [0, 0.05) is 5.02 Å². The summed E-state index contributed by atoms with van der Waals surface area (Å²) in [5.74, 6) is -1.18. The van der Waals surface area contributed by atoms with E-state index < -0.39 is 32.7 Å². The number of carbonyl (C=O) groups excluding carboxylic acids is 1. The molecule has 0 aliphatic carbocycles. The summed E-state index contributed by atoms with van der Waals surface area (Å²) in [5.41, 5.74) is 3.50. The molecule has 0 bridgehead atoms. The molecule has 2 aromatic carbocycles. The van der Waals surface area contributed by atoms with Gasteiger partial charge in [0.05, 0.1) is 0 Å². The van der Waals surface area contributed by atoms with Gasteiger partial charge >= 0.3 is 0 Å². The molecule has 140 valence electrons. The Morgan fingerprint density at radius 3 is 2.35 bits per heavy atom. The van der Waals surface area contributed by atoms with E-state index in [0.717, 1.165) is 23.3 Å². The van der Waals surface area contributed by atoms with Crippen molar-refractivity contribution in [3.05, 3.63) is 58.4 Å². The second kappa shape index (κ2) is 8.03. The van der Waals surface area contributed by atoms with Crippen molar-refractivity contribution < 1.29 is 22.3 Å². The molecule has 0 aliphatic rings. The quantitative estimate of drug-likeness (QED) is 0.730. The molecule has 1 atom stereocenters. The maximum absolute atomic E-state index is 13.6. The Labute approximate surface area is 156 Å². The molecule has 0 radical (unpaired) electrons. The molecule has 6 nitrogen and oxygen atoms in total. The fourth-order valence-corrected chi connectivity index (χ4v) is 3.51. The average Bonchev–Trinajstić information content (AvgIpc) is 2.56. The maximum Gasteiger partial charge on any atom is 0.275 e. The smallest absolute Gasteiger partial charge is 0.275 e. The van der Waals surface area contributed by atoms with Crippen LogP contribution in [0.25, 0.3) is 0 Å². The lowest BCUT2D eigenvalue weighted by molar-refractivity contribution is -0.127. The van der Waals surface area contributed by atoms with E-state index in [0.29, 0.717) is 10.8 Å². The summed E-state index contributed by atoms with van der Waals surface area (Å²) in [7, 11) is -4.24. The second-order valence-corrected chi connectivity index (χ2v) is 7.74. The molecule has 0 saturated heterocycles. The van der Waals surface area contributed by atoms with E-state index in [2.05, 4.69) is 0 Å². The van der Waals surface area contributed by atoms with Crippen molar-refractivity contribution >= 4 is 27.5 Å². The van der Waals surface area contributed by atoms with Crippen LogP contribution in [0.15, 0.2) is 41.3 Å². The molecule has 2 aromatic rings. The number of ether oxygens (including phenoxy) is 1. The topological polar surface area (TPSA) is 84.5 Å². The summed E-state index contributed by atoms with van der Waals surface area (Å²) in [6, 6.07) is 8.21. The monoisotopic (exact) mass is 400 g/mol. The Hall–Kier alpha value is -2.16. The van der Waals surface area contributed by atoms with Gasteiger partial charge in [-0.2, -0.15) is 0 Å². The minimum Gasteiger partial charge on any atom is -0.480 e. The zero-order chi connectivity index (χ0) is 19.5. The molecule has 0 spiro atoms. The van der Waals surface area contributed by atoms with E-state index in [1.54, 1.807) is 26.0 Å². The molecule has 26 heavy (non-hydrogen) atoms. The van der Waals surface area contributed by atoms with Gasteiger partial charge in [0.1, 0.15) is 16.5 Å². The Morgan fingerprint density at radius 1 is 1.19 bits per heavy atom. The van der Waals surface area contributed by atoms with Crippen LogP contribution >= 0.6 is 11.6 Å². The van der Waals surface area contributed by atoms with Crippen molar-refractivity contribution in [2.24, 2.45) is 0 Å². The number of hydrogen-bond acceptors (Lipinski definition) is 4. The van der Waals surface area contributed by atoms with Crippen molar-refractivity contribution in [3.63, 3.8) is 0 Å².